The normalized spacial score (nSPS) is 16.5. The van der Waals surface area contributed by atoms with Crippen LogP contribution in [0.4, 0.5) is 5.69 Å². The molecule has 7 heteroatoms. The van der Waals surface area contributed by atoms with Gasteiger partial charge in [-0.05, 0) is 37.5 Å². The van der Waals surface area contributed by atoms with Gasteiger partial charge >= 0.3 is 0 Å². The molecular formula is C21H21ClN4O2. The predicted molar refractivity (Wildman–Crippen MR) is 109 cm³/mol. The molecule has 2 aromatic carbocycles. The minimum absolute atomic E-state index is 0.115. The number of fused-ring (bicyclic) bond motifs is 1. The summed E-state index contributed by atoms with van der Waals surface area (Å²) in [7, 11) is 1.63. The molecule has 4 rings (SSSR count). The molecule has 1 fully saturated rings. The van der Waals surface area contributed by atoms with Crippen LogP contribution in [0.25, 0.3) is 10.9 Å². The second-order valence-corrected chi connectivity index (χ2v) is 7.50. The molecule has 144 valence electrons. The monoisotopic (exact) mass is 396 g/mol. The molecule has 3 aromatic rings. The molecule has 1 aromatic heterocycles. The zero-order valence-electron chi connectivity index (χ0n) is 15.8. The number of aromatic nitrogens is 2. The fourth-order valence-corrected chi connectivity index (χ4v) is 4.19. The van der Waals surface area contributed by atoms with Crippen LogP contribution < -0.4 is 9.64 Å². The third-order valence-electron chi connectivity index (χ3n) is 5.36. The number of hydrogen-bond donors (Lipinski definition) is 1. The molecule has 1 atom stereocenters. The van der Waals surface area contributed by atoms with E-state index in [0.717, 1.165) is 41.8 Å². The van der Waals surface area contributed by atoms with Crippen LogP contribution in [0.5, 0.6) is 11.5 Å². The van der Waals surface area contributed by atoms with Crippen LogP contribution in [0.1, 0.15) is 30.9 Å². The molecule has 28 heavy (non-hydrogen) atoms. The van der Waals surface area contributed by atoms with Crippen molar-refractivity contribution < 1.29 is 9.84 Å². The van der Waals surface area contributed by atoms with Gasteiger partial charge in [0, 0.05) is 24.2 Å². The fourth-order valence-electron chi connectivity index (χ4n) is 3.88. The van der Waals surface area contributed by atoms with E-state index >= 15 is 0 Å². The van der Waals surface area contributed by atoms with Gasteiger partial charge < -0.3 is 14.7 Å². The smallest absolute Gasteiger partial charge is 0.156 e. The van der Waals surface area contributed by atoms with Gasteiger partial charge in [0.15, 0.2) is 5.75 Å². The fraction of sp³-hybridized carbons (Fsp3) is 0.333. The maximum absolute atomic E-state index is 10.5. The number of halogens is 1. The van der Waals surface area contributed by atoms with Gasteiger partial charge in [0.05, 0.1) is 19.3 Å². The van der Waals surface area contributed by atoms with Crippen molar-refractivity contribution in [3.63, 3.8) is 0 Å². The van der Waals surface area contributed by atoms with Crippen molar-refractivity contribution in [2.24, 2.45) is 0 Å². The Kier molecular flexibility index (Phi) is 4.78. The minimum Gasteiger partial charge on any atom is -0.505 e. The highest BCUT2D eigenvalue weighted by atomic mass is 35.5. The van der Waals surface area contributed by atoms with Crippen LogP contribution in [0, 0.1) is 11.3 Å². The first-order valence-electron chi connectivity index (χ1n) is 9.24. The number of methoxy groups -OCH3 is 1. The van der Waals surface area contributed by atoms with E-state index in [0.29, 0.717) is 18.1 Å². The molecule has 0 bridgehead atoms. The number of nitrogens with zero attached hydrogens (tertiary/aromatic N) is 4. The van der Waals surface area contributed by atoms with E-state index in [9.17, 15) is 10.4 Å². The Morgan fingerprint density at radius 2 is 2.11 bits per heavy atom. The molecule has 1 aliphatic heterocycles. The van der Waals surface area contributed by atoms with Gasteiger partial charge in [0.2, 0.25) is 0 Å². The van der Waals surface area contributed by atoms with Gasteiger partial charge in [0.1, 0.15) is 27.9 Å². The Morgan fingerprint density at radius 3 is 2.71 bits per heavy atom. The quantitative estimate of drug-likeness (QED) is 0.711. The standard InChI is InChI=1S/C21H21ClN4O2/c1-13-4-3-9-26(13)20-17-12-25(11-14-5-7-15(28-2)8-6-14)24-19(17)16(10-23)21(27)18(20)22/h5-8,12-13,27H,3-4,9,11H2,1-2H3. The minimum atomic E-state index is -0.194. The molecule has 0 spiro atoms. The summed E-state index contributed by atoms with van der Waals surface area (Å²) in [5.41, 5.74) is 2.41. The lowest BCUT2D eigenvalue weighted by atomic mass is 10.1. The highest BCUT2D eigenvalue weighted by Gasteiger charge is 2.29. The van der Waals surface area contributed by atoms with Crippen LogP contribution in [-0.2, 0) is 6.54 Å². The van der Waals surface area contributed by atoms with Gasteiger partial charge in [0.25, 0.3) is 0 Å². The van der Waals surface area contributed by atoms with E-state index in [-0.39, 0.29) is 16.3 Å². The summed E-state index contributed by atoms with van der Waals surface area (Å²) >= 11 is 6.51. The molecule has 1 saturated heterocycles. The average Bonchev–Trinajstić information content (AvgIpc) is 3.30. The van der Waals surface area contributed by atoms with Crippen molar-refractivity contribution in [1.82, 2.24) is 9.78 Å². The summed E-state index contributed by atoms with van der Waals surface area (Å²) in [4.78, 5) is 2.20. The van der Waals surface area contributed by atoms with Crippen molar-refractivity contribution in [2.45, 2.75) is 32.4 Å². The van der Waals surface area contributed by atoms with E-state index in [4.69, 9.17) is 16.3 Å². The Bertz CT molecular complexity index is 1070. The molecule has 0 saturated carbocycles. The second kappa shape index (κ2) is 7.25. The van der Waals surface area contributed by atoms with Crippen molar-refractivity contribution in [1.29, 1.82) is 5.26 Å². The molecule has 1 N–H and O–H groups in total. The van der Waals surface area contributed by atoms with Crippen molar-refractivity contribution >= 4 is 28.2 Å². The molecule has 1 aliphatic rings. The summed E-state index contributed by atoms with van der Waals surface area (Å²) in [5, 5.41) is 25.7. The van der Waals surface area contributed by atoms with Crippen LogP contribution in [0.15, 0.2) is 30.5 Å². The third-order valence-corrected chi connectivity index (χ3v) is 5.72. The highest BCUT2D eigenvalue weighted by molar-refractivity contribution is 6.37. The summed E-state index contributed by atoms with van der Waals surface area (Å²) in [6.07, 6.45) is 4.05. The van der Waals surface area contributed by atoms with Crippen molar-refractivity contribution in [3.8, 4) is 17.6 Å². The number of rotatable bonds is 4. The molecule has 6 nitrogen and oxygen atoms in total. The number of phenolic OH excluding ortho intramolecular Hbond substituents is 1. The topological polar surface area (TPSA) is 74.3 Å². The average molecular weight is 397 g/mol. The molecule has 2 heterocycles. The number of phenols is 1. The largest absolute Gasteiger partial charge is 0.505 e. The zero-order valence-corrected chi connectivity index (χ0v) is 16.6. The van der Waals surface area contributed by atoms with E-state index < -0.39 is 0 Å². The summed E-state index contributed by atoms with van der Waals surface area (Å²) in [6.45, 7) is 3.55. The highest BCUT2D eigenvalue weighted by Crippen LogP contribution is 2.45. The van der Waals surface area contributed by atoms with Crippen LogP contribution in [0.2, 0.25) is 5.02 Å². The Balaban J connectivity index is 1.83. The van der Waals surface area contributed by atoms with Crippen LogP contribution >= 0.6 is 11.6 Å². The van der Waals surface area contributed by atoms with Crippen LogP contribution in [0.3, 0.4) is 0 Å². The van der Waals surface area contributed by atoms with E-state index in [1.54, 1.807) is 11.8 Å². The van der Waals surface area contributed by atoms with Gasteiger partial charge in [-0.3, -0.25) is 4.68 Å². The third kappa shape index (κ3) is 3.02. The van der Waals surface area contributed by atoms with E-state index in [1.807, 2.05) is 30.5 Å². The number of aromatic hydroxyl groups is 1. The Hall–Kier alpha value is -2.91. The number of benzene rings is 2. The molecule has 0 amide bonds. The number of anilines is 1. The van der Waals surface area contributed by atoms with Crippen molar-refractivity contribution in [3.05, 3.63) is 46.6 Å². The number of hydrogen-bond acceptors (Lipinski definition) is 5. The lowest BCUT2D eigenvalue weighted by Crippen LogP contribution is -2.26. The summed E-state index contributed by atoms with van der Waals surface area (Å²) in [5.74, 6) is 0.601. The predicted octanol–water partition coefficient (Wildman–Crippen LogP) is 4.31. The molecule has 0 radical (unpaired) electrons. The van der Waals surface area contributed by atoms with E-state index in [2.05, 4.69) is 23.0 Å². The van der Waals surface area contributed by atoms with E-state index in [1.165, 1.54) is 0 Å². The summed E-state index contributed by atoms with van der Waals surface area (Å²) < 4.78 is 6.99. The van der Waals surface area contributed by atoms with Gasteiger partial charge in [-0.2, -0.15) is 10.4 Å². The second-order valence-electron chi connectivity index (χ2n) is 7.12. The van der Waals surface area contributed by atoms with Gasteiger partial charge in [-0.15, -0.1) is 0 Å². The SMILES string of the molecule is COc1ccc(Cn2cc3c(N4CCCC4C)c(Cl)c(O)c(C#N)c3n2)cc1. The summed E-state index contributed by atoms with van der Waals surface area (Å²) in [6, 6.07) is 10.1. The lowest BCUT2D eigenvalue weighted by Gasteiger charge is -2.26. The van der Waals surface area contributed by atoms with Crippen LogP contribution in [-0.4, -0.2) is 34.6 Å². The lowest BCUT2D eigenvalue weighted by molar-refractivity contribution is 0.414. The zero-order chi connectivity index (χ0) is 19.8. The maximum atomic E-state index is 10.5. The number of nitriles is 1. The molecular weight excluding hydrogens is 376 g/mol. The Labute approximate surface area is 168 Å². The first-order valence-corrected chi connectivity index (χ1v) is 9.62. The van der Waals surface area contributed by atoms with Gasteiger partial charge in [-0.1, -0.05) is 23.7 Å². The first-order chi connectivity index (χ1) is 13.5. The van der Waals surface area contributed by atoms with Crippen molar-refractivity contribution in [2.75, 3.05) is 18.6 Å². The van der Waals surface area contributed by atoms with Gasteiger partial charge in [-0.25, -0.2) is 0 Å². The first kappa shape index (κ1) is 18.5. The molecule has 1 unspecified atom stereocenters. The Morgan fingerprint density at radius 1 is 1.36 bits per heavy atom. The number of ether oxygens (including phenoxy) is 1. The molecule has 0 aliphatic carbocycles. The maximum Gasteiger partial charge on any atom is 0.156 e.